The molecule has 17 heavy (non-hydrogen) atoms. The van der Waals surface area contributed by atoms with Crippen molar-refractivity contribution in [3.05, 3.63) is 6.20 Å². The van der Waals surface area contributed by atoms with Crippen LogP contribution in [0, 0.1) is 0 Å². The molecule has 6 nitrogen and oxygen atoms in total. The van der Waals surface area contributed by atoms with Gasteiger partial charge in [0.25, 0.3) is 0 Å². The number of H-pyrrole nitrogens is 1. The summed E-state index contributed by atoms with van der Waals surface area (Å²) < 4.78 is 5.34. The van der Waals surface area contributed by atoms with Crippen molar-refractivity contribution in [2.45, 2.75) is 23.1 Å². The normalized spacial score (nSPS) is 17.6. The number of nitrogen functional groups attached to an aromatic ring is 1. The number of nitrogens with zero attached hydrogens (tertiary/aromatic N) is 3. The van der Waals surface area contributed by atoms with Gasteiger partial charge in [-0.05, 0) is 12.8 Å². The molecule has 0 aromatic carbocycles. The quantitative estimate of drug-likeness (QED) is 0.780. The molecule has 0 spiro atoms. The fourth-order valence-electron chi connectivity index (χ4n) is 1.87. The Hall–Kier alpha value is -1.34. The van der Waals surface area contributed by atoms with Crippen molar-refractivity contribution in [3.8, 4) is 0 Å². The molecule has 90 valence electrons. The monoisotopic (exact) mass is 251 g/mol. The third-order valence-corrected chi connectivity index (χ3v) is 4.08. The van der Waals surface area contributed by atoms with Gasteiger partial charge in [0.1, 0.15) is 5.03 Å². The molecule has 1 fully saturated rings. The topological polar surface area (TPSA) is 89.7 Å². The van der Waals surface area contributed by atoms with E-state index in [4.69, 9.17) is 10.5 Å². The fourth-order valence-corrected chi connectivity index (χ4v) is 3.03. The van der Waals surface area contributed by atoms with Crippen LogP contribution in [-0.4, -0.2) is 38.6 Å². The van der Waals surface area contributed by atoms with Crippen LogP contribution in [0.5, 0.6) is 0 Å². The maximum absolute atomic E-state index is 5.68. The Bertz CT molecular complexity index is 522. The number of nitrogens with one attached hydrogen (secondary N) is 1. The van der Waals surface area contributed by atoms with Crippen molar-refractivity contribution in [2.24, 2.45) is 0 Å². The minimum atomic E-state index is 0.288. The van der Waals surface area contributed by atoms with Gasteiger partial charge >= 0.3 is 0 Å². The highest BCUT2D eigenvalue weighted by atomic mass is 32.2. The Kier molecular flexibility index (Phi) is 2.86. The first-order valence-electron chi connectivity index (χ1n) is 5.54. The lowest BCUT2D eigenvalue weighted by Gasteiger charge is -2.21. The Morgan fingerprint density at radius 1 is 1.35 bits per heavy atom. The minimum Gasteiger partial charge on any atom is -0.381 e. The molecule has 1 saturated heterocycles. The maximum atomic E-state index is 5.68. The van der Waals surface area contributed by atoms with Crippen LogP contribution in [0.3, 0.4) is 0 Å². The second-order valence-electron chi connectivity index (χ2n) is 3.95. The third kappa shape index (κ3) is 2.20. The molecule has 0 radical (unpaired) electrons. The second kappa shape index (κ2) is 4.50. The van der Waals surface area contributed by atoms with Gasteiger partial charge in [0.05, 0.1) is 11.6 Å². The van der Waals surface area contributed by atoms with Crippen molar-refractivity contribution < 1.29 is 4.74 Å². The van der Waals surface area contributed by atoms with Crippen LogP contribution in [0.4, 0.5) is 5.95 Å². The Balaban J connectivity index is 1.90. The van der Waals surface area contributed by atoms with Crippen LogP contribution < -0.4 is 5.73 Å². The molecule has 0 atom stereocenters. The summed E-state index contributed by atoms with van der Waals surface area (Å²) in [6, 6.07) is 0. The molecule has 0 saturated carbocycles. The summed E-state index contributed by atoms with van der Waals surface area (Å²) in [6.07, 6.45) is 3.85. The summed E-state index contributed by atoms with van der Waals surface area (Å²) in [5.74, 6) is 0.288. The van der Waals surface area contributed by atoms with Gasteiger partial charge in [-0.2, -0.15) is 10.1 Å². The summed E-state index contributed by atoms with van der Waals surface area (Å²) in [7, 11) is 0. The minimum absolute atomic E-state index is 0.288. The summed E-state index contributed by atoms with van der Waals surface area (Å²) >= 11 is 1.74. The Labute approximate surface area is 102 Å². The van der Waals surface area contributed by atoms with E-state index in [1.54, 1.807) is 18.0 Å². The fraction of sp³-hybridized carbons (Fsp3) is 0.500. The Morgan fingerprint density at radius 2 is 2.18 bits per heavy atom. The van der Waals surface area contributed by atoms with Crippen molar-refractivity contribution in [1.82, 2.24) is 20.2 Å². The number of aromatic nitrogens is 4. The molecule has 0 bridgehead atoms. The van der Waals surface area contributed by atoms with Gasteiger partial charge in [-0.15, -0.1) is 11.8 Å². The van der Waals surface area contributed by atoms with Crippen molar-refractivity contribution in [3.63, 3.8) is 0 Å². The molecular weight excluding hydrogens is 238 g/mol. The maximum Gasteiger partial charge on any atom is 0.223 e. The van der Waals surface area contributed by atoms with E-state index in [1.807, 2.05) is 0 Å². The third-order valence-electron chi connectivity index (χ3n) is 2.74. The molecular formula is C10H13N5OS. The zero-order valence-corrected chi connectivity index (χ0v) is 10.0. The van der Waals surface area contributed by atoms with Gasteiger partial charge in [-0.25, -0.2) is 4.98 Å². The van der Waals surface area contributed by atoms with Gasteiger partial charge in [-0.3, -0.25) is 5.10 Å². The van der Waals surface area contributed by atoms with Crippen LogP contribution >= 0.6 is 11.8 Å². The van der Waals surface area contributed by atoms with Gasteiger partial charge in [0.2, 0.25) is 5.95 Å². The molecule has 0 aliphatic carbocycles. The number of fused-ring (bicyclic) bond motifs is 1. The average molecular weight is 251 g/mol. The first-order chi connectivity index (χ1) is 8.33. The van der Waals surface area contributed by atoms with E-state index >= 15 is 0 Å². The van der Waals surface area contributed by atoms with Crippen molar-refractivity contribution in [2.75, 3.05) is 18.9 Å². The predicted octanol–water partition coefficient (Wildman–Crippen LogP) is 1.21. The summed E-state index contributed by atoms with van der Waals surface area (Å²) in [6.45, 7) is 1.65. The number of hydrogen-bond donors (Lipinski definition) is 2. The van der Waals surface area contributed by atoms with E-state index in [0.29, 0.717) is 10.9 Å². The highest BCUT2D eigenvalue weighted by Gasteiger charge is 2.18. The van der Waals surface area contributed by atoms with E-state index in [1.165, 1.54) is 0 Å². The lowest BCUT2D eigenvalue weighted by Crippen LogP contribution is -2.17. The number of aromatic amines is 1. The number of ether oxygens (including phenoxy) is 1. The molecule has 3 N–H and O–H groups in total. The number of nitrogens with two attached hydrogens (primary N) is 1. The molecule has 3 heterocycles. The molecule has 1 aliphatic rings. The van der Waals surface area contributed by atoms with Crippen LogP contribution in [0.2, 0.25) is 0 Å². The van der Waals surface area contributed by atoms with E-state index in [2.05, 4.69) is 20.2 Å². The SMILES string of the molecule is Nc1nc(SC2CCOCC2)c2cn[nH]c2n1. The Morgan fingerprint density at radius 3 is 3.00 bits per heavy atom. The van der Waals surface area contributed by atoms with Crippen molar-refractivity contribution >= 4 is 28.7 Å². The van der Waals surface area contributed by atoms with Crippen molar-refractivity contribution in [1.29, 1.82) is 0 Å². The second-order valence-corrected chi connectivity index (χ2v) is 5.24. The van der Waals surface area contributed by atoms with E-state index in [0.717, 1.165) is 36.5 Å². The van der Waals surface area contributed by atoms with Crippen LogP contribution in [-0.2, 0) is 4.74 Å². The molecule has 7 heteroatoms. The first kappa shape index (κ1) is 10.8. The largest absolute Gasteiger partial charge is 0.381 e. The molecule has 0 amide bonds. The van der Waals surface area contributed by atoms with E-state index < -0.39 is 0 Å². The van der Waals surface area contributed by atoms with Gasteiger partial charge in [-0.1, -0.05) is 0 Å². The molecule has 1 aliphatic heterocycles. The number of rotatable bonds is 2. The van der Waals surface area contributed by atoms with Crippen LogP contribution in [0.15, 0.2) is 11.2 Å². The number of hydrogen-bond acceptors (Lipinski definition) is 6. The average Bonchev–Trinajstić information content (AvgIpc) is 2.78. The highest BCUT2D eigenvalue weighted by Crippen LogP contribution is 2.32. The van der Waals surface area contributed by atoms with Gasteiger partial charge in [0, 0.05) is 18.5 Å². The van der Waals surface area contributed by atoms with Gasteiger partial charge in [0.15, 0.2) is 5.65 Å². The highest BCUT2D eigenvalue weighted by molar-refractivity contribution is 8.00. The van der Waals surface area contributed by atoms with Crippen LogP contribution in [0.25, 0.3) is 11.0 Å². The van der Waals surface area contributed by atoms with Crippen LogP contribution in [0.1, 0.15) is 12.8 Å². The summed E-state index contributed by atoms with van der Waals surface area (Å²) in [5.41, 5.74) is 6.38. The molecule has 0 unspecified atom stereocenters. The zero-order chi connectivity index (χ0) is 11.7. The lowest BCUT2D eigenvalue weighted by molar-refractivity contribution is 0.1000. The molecule has 2 aromatic heterocycles. The number of anilines is 1. The smallest absolute Gasteiger partial charge is 0.223 e. The summed E-state index contributed by atoms with van der Waals surface area (Å²) in [4.78, 5) is 8.40. The van der Waals surface area contributed by atoms with E-state index in [-0.39, 0.29) is 5.95 Å². The molecule has 3 rings (SSSR count). The standard InChI is InChI=1S/C10H13N5OS/c11-10-13-8-7(5-12-15-8)9(14-10)17-6-1-3-16-4-2-6/h5-6H,1-4H2,(H3,11,12,13,14,15). The molecule has 2 aromatic rings. The number of thioether (sulfide) groups is 1. The predicted molar refractivity (Wildman–Crippen MR) is 65.8 cm³/mol. The van der Waals surface area contributed by atoms with Gasteiger partial charge < -0.3 is 10.5 Å². The first-order valence-corrected chi connectivity index (χ1v) is 6.42. The zero-order valence-electron chi connectivity index (χ0n) is 9.22. The summed E-state index contributed by atoms with van der Waals surface area (Å²) in [5, 5.41) is 9.18. The van der Waals surface area contributed by atoms with E-state index in [9.17, 15) is 0 Å². The lowest BCUT2D eigenvalue weighted by atomic mass is 10.2.